The molecule has 1 aromatic carbocycles. The van der Waals surface area contributed by atoms with Crippen molar-refractivity contribution in [2.45, 2.75) is 6.42 Å². The van der Waals surface area contributed by atoms with Crippen molar-refractivity contribution < 1.29 is 4.92 Å². The molecule has 0 aliphatic heterocycles. The number of nitrogens with one attached hydrogen (secondary N) is 1. The fourth-order valence-electron chi connectivity index (χ4n) is 1.11. The van der Waals surface area contributed by atoms with Gasteiger partial charge in [-0.2, -0.15) is 0 Å². The van der Waals surface area contributed by atoms with E-state index in [9.17, 15) is 10.1 Å². The van der Waals surface area contributed by atoms with Crippen LogP contribution in [-0.2, 0) is 0 Å². The largest absolute Gasteiger partial charge is 0.379 e. The highest BCUT2D eigenvalue weighted by Crippen LogP contribution is 2.27. The Morgan fingerprint density at radius 1 is 1.60 bits per heavy atom. The van der Waals surface area contributed by atoms with Crippen molar-refractivity contribution in [3.63, 3.8) is 0 Å². The van der Waals surface area contributed by atoms with Crippen LogP contribution in [0.1, 0.15) is 6.42 Å². The minimum atomic E-state index is -0.456. The van der Waals surface area contributed by atoms with E-state index in [1.54, 1.807) is 18.2 Å². The Morgan fingerprint density at radius 2 is 2.33 bits per heavy atom. The summed E-state index contributed by atoms with van der Waals surface area (Å²) in [6.45, 7) is 4.19. The molecule has 0 radical (unpaired) electrons. The summed E-state index contributed by atoms with van der Waals surface area (Å²) in [5.41, 5.74) is 0.470. The van der Waals surface area contributed by atoms with Gasteiger partial charge in [0, 0.05) is 17.6 Å². The highest BCUT2D eigenvalue weighted by molar-refractivity contribution is 6.30. The van der Waals surface area contributed by atoms with Gasteiger partial charge < -0.3 is 5.32 Å². The van der Waals surface area contributed by atoms with Crippen LogP contribution in [0.15, 0.2) is 30.9 Å². The summed E-state index contributed by atoms with van der Waals surface area (Å²) >= 11 is 5.67. The number of benzene rings is 1. The number of hydrogen-bond donors (Lipinski definition) is 1. The number of nitro benzene ring substituents is 1. The molecule has 0 amide bonds. The fraction of sp³-hybridized carbons (Fsp3) is 0.200. The van der Waals surface area contributed by atoms with Gasteiger partial charge >= 0.3 is 0 Å². The summed E-state index contributed by atoms with van der Waals surface area (Å²) in [5.74, 6) is 0. The van der Waals surface area contributed by atoms with E-state index in [2.05, 4.69) is 11.9 Å². The minimum Gasteiger partial charge on any atom is -0.379 e. The molecule has 0 bridgehead atoms. The van der Waals surface area contributed by atoms with Gasteiger partial charge in [-0.05, 0) is 18.6 Å². The molecule has 80 valence electrons. The zero-order valence-electron chi connectivity index (χ0n) is 8.07. The number of nitro groups is 1. The standard InChI is InChI=1S/C10H11ClN2O2/c1-2-3-6-12-9-5-4-8(11)7-10(9)13(14)15/h2,4-5,7,12H,1,3,6H2. The van der Waals surface area contributed by atoms with Crippen LogP contribution in [0.5, 0.6) is 0 Å². The van der Waals surface area contributed by atoms with Crippen molar-refractivity contribution >= 4 is 23.0 Å². The Kier molecular flexibility index (Phi) is 4.12. The molecule has 1 rings (SSSR count). The van der Waals surface area contributed by atoms with Crippen LogP contribution in [0.3, 0.4) is 0 Å². The molecule has 0 heterocycles. The van der Waals surface area contributed by atoms with Crippen LogP contribution in [0.4, 0.5) is 11.4 Å². The van der Waals surface area contributed by atoms with Crippen molar-refractivity contribution in [1.82, 2.24) is 0 Å². The number of hydrogen-bond acceptors (Lipinski definition) is 3. The van der Waals surface area contributed by atoms with Gasteiger partial charge in [0.25, 0.3) is 5.69 Å². The van der Waals surface area contributed by atoms with E-state index in [-0.39, 0.29) is 5.69 Å². The van der Waals surface area contributed by atoms with E-state index in [0.717, 1.165) is 6.42 Å². The number of nitrogens with zero attached hydrogens (tertiary/aromatic N) is 1. The summed E-state index contributed by atoms with van der Waals surface area (Å²) in [6, 6.07) is 4.55. The van der Waals surface area contributed by atoms with E-state index >= 15 is 0 Å². The molecule has 1 aromatic rings. The maximum Gasteiger partial charge on any atom is 0.293 e. The second-order valence-electron chi connectivity index (χ2n) is 2.92. The summed E-state index contributed by atoms with van der Waals surface area (Å²) in [7, 11) is 0. The lowest BCUT2D eigenvalue weighted by Gasteiger charge is -2.05. The van der Waals surface area contributed by atoms with Crippen molar-refractivity contribution in [1.29, 1.82) is 0 Å². The first kappa shape index (κ1) is 11.5. The SMILES string of the molecule is C=CCCNc1ccc(Cl)cc1[N+](=O)[O-]. The van der Waals surface area contributed by atoms with Gasteiger partial charge in [0.1, 0.15) is 5.69 Å². The lowest BCUT2D eigenvalue weighted by Crippen LogP contribution is -2.03. The summed E-state index contributed by atoms with van der Waals surface area (Å²) in [4.78, 5) is 10.2. The Balaban J connectivity index is 2.85. The maximum atomic E-state index is 10.7. The first-order chi connectivity index (χ1) is 7.15. The average molecular weight is 227 g/mol. The summed E-state index contributed by atoms with van der Waals surface area (Å²) < 4.78 is 0. The number of anilines is 1. The molecule has 5 heteroatoms. The van der Waals surface area contributed by atoms with Crippen LogP contribution in [0.25, 0.3) is 0 Å². The molecule has 0 aromatic heterocycles. The third-order valence-electron chi connectivity index (χ3n) is 1.82. The van der Waals surface area contributed by atoms with Crippen molar-refractivity contribution in [2.24, 2.45) is 0 Å². The average Bonchev–Trinajstić information content (AvgIpc) is 2.20. The van der Waals surface area contributed by atoms with E-state index in [1.807, 2.05) is 0 Å². The molecule has 0 aliphatic rings. The molecular weight excluding hydrogens is 216 g/mol. The van der Waals surface area contributed by atoms with Gasteiger partial charge in [0.2, 0.25) is 0 Å². The molecule has 4 nitrogen and oxygen atoms in total. The van der Waals surface area contributed by atoms with Gasteiger partial charge in [-0.1, -0.05) is 17.7 Å². The smallest absolute Gasteiger partial charge is 0.293 e. The van der Waals surface area contributed by atoms with E-state index in [1.165, 1.54) is 6.07 Å². The zero-order chi connectivity index (χ0) is 11.3. The quantitative estimate of drug-likeness (QED) is 0.363. The van der Waals surface area contributed by atoms with Gasteiger partial charge in [0.15, 0.2) is 0 Å². The Hall–Kier alpha value is -1.55. The van der Waals surface area contributed by atoms with Gasteiger partial charge in [-0.15, -0.1) is 6.58 Å². The van der Waals surface area contributed by atoms with E-state index in [0.29, 0.717) is 17.3 Å². The summed E-state index contributed by atoms with van der Waals surface area (Å²) in [5, 5.41) is 14.0. The zero-order valence-corrected chi connectivity index (χ0v) is 8.83. The molecule has 0 saturated carbocycles. The third kappa shape index (κ3) is 3.25. The topological polar surface area (TPSA) is 55.2 Å². The second-order valence-corrected chi connectivity index (χ2v) is 3.36. The minimum absolute atomic E-state index is 0.00781. The highest BCUT2D eigenvalue weighted by Gasteiger charge is 2.13. The fourth-order valence-corrected chi connectivity index (χ4v) is 1.28. The second kappa shape index (κ2) is 5.36. The lowest BCUT2D eigenvalue weighted by molar-refractivity contribution is -0.383. The first-order valence-electron chi connectivity index (χ1n) is 4.44. The van der Waals surface area contributed by atoms with Crippen LogP contribution >= 0.6 is 11.6 Å². The van der Waals surface area contributed by atoms with Gasteiger partial charge in [-0.25, -0.2) is 0 Å². The predicted octanol–water partition coefficient (Wildman–Crippen LogP) is 3.24. The highest BCUT2D eigenvalue weighted by atomic mass is 35.5. The van der Waals surface area contributed by atoms with Crippen LogP contribution < -0.4 is 5.32 Å². The molecule has 0 aliphatic carbocycles. The molecule has 0 spiro atoms. The molecule has 15 heavy (non-hydrogen) atoms. The van der Waals surface area contributed by atoms with Crippen molar-refractivity contribution in [3.8, 4) is 0 Å². The number of halogens is 1. The van der Waals surface area contributed by atoms with Crippen LogP contribution in [-0.4, -0.2) is 11.5 Å². The van der Waals surface area contributed by atoms with E-state index in [4.69, 9.17) is 11.6 Å². The van der Waals surface area contributed by atoms with Crippen molar-refractivity contribution in [2.75, 3.05) is 11.9 Å². The molecule has 0 unspecified atom stereocenters. The molecule has 1 N–H and O–H groups in total. The molecule has 0 saturated heterocycles. The Labute approximate surface area is 92.7 Å². The van der Waals surface area contributed by atoms with Crippen LogP contribution in [0, 0.1) is 10.1 Å². The number of rotatable bonds is 5. The molecule has 0 fully saturated rings. The third-order valence-corrected chi connectivity index (χ3v) is 2.06. The van der Waals surface area contributed by atoms with E-state index < -0.39 is 4.92 Å². The Morgan fingerprint density at radius 3 is 2.93 bits per heavy atom. The Bertz CT molecular complexity index is 380. The first-order valence-corrected chi connectivity index (χ1v) is 4.81. The monoisotopic (exact) mass is 226 g/mol. The van der Waals surface area contributed by atoms with Crippen LogP contribution in [0.2, 0.25) is 5.02 Å². The molecule has 0 atom stereocenters. The molecular formula is C10H11ClN2O2. The normalized spacial score (nSPS) is 9.67. The van der Waals surface area contributed by atoms with Gasteiger partial charge in [0.05, 0.1) is 4.92 Å². The van der Waals surface area contributed by atoms with Gasteiger partial charge in [-0.3, -0.25) is 10.1 Å². The van der Waals surface area contributed by atoms with Crippen molar-refractivity contribution in [3.05, 3.63) is 46.0 Å². The predicted molar refractivity (Wildman–Crippen MR) is 61.4 cm³/mol. The summed E-state index contributed by atoms with van der Waals surface area (Å²) in [6.07, 6.45) is 2.49. The maximum absolute atomic E-state index is 10.7. The lowest BCUT2D eigenvalue weighted by atomic mass is 10.2.